The summed E-state index contributed by atoms with van der Waals surface area (Å²) in [4.78, 5) is 23.7. The predicted molar refractivity (Wildman–Crippen MR) is 106 cm³/mol. The van der Waals surface area contributed by atoms with E-state index < -0.39 is 5.82 Å². The molecule has 2 bridgehead atoms. The summed E-state index contributed by atoms with van der Waals surface area (Å²) in [6.07, 6.45) is 5.61. The van der Waals surface area contributed by atoms with E-state index in [9.17, 15) is 14.0 Å². The molecule has 1 heterocycles. The third kappa shape index (κ3) is 4.49. The number of carbonyl (C=O) groups excluding carboxylic acids is 2. The lowest BCUT2D eigenvalue weighted by molar-refractivity contribution is -0.124. The second-order valence-corrected chi connectivity index (χ2v) is 8.85. The van der Waals surface area contributed by atoms with Crippen LogP contribution in [0.15, 0.2) is 18.2 Å². The van der Waals surface area contributed by atoms with E-state index in [0.717, 1.165) is 44.6 Å². The number of hydrogen-bond acceptors (Lipinski definition) is 5. The SMILES string of the molecule is NC(=O)C1CCCC(NC23CC(C2)C(NC(=O)COc2ccc(Cl)c(F)c2)C3)N1. The molecular weight excluding hydrogens is 399 g/mol. The number of carbonyl (C=O) groups is 2. The van der Waals surface area contributed by atoms with Gasteiger partial charge < -0.3 is 15.8 Å². The van der Waals surface area contributed by atoms with E-state index in [-0.39, 0.29) is 53.0 Å². The fraction of sp³-hybridized carbons (Fsp3) is 0.600. The van der Waals surface area contributed by atoms with Gasteiger partial charge in [-0.15, -0.1) is 0 Å². The zero-order valence-corrected chi connectivity index (χ0v) is 16.8. The topological polar surface area (TPSA) is 105 Å². The molecule has 29 heavy (non-hydrogen) atoms. The Labute approximate surface area is 173 Å². The van der Waals surface area contributed by atoms with E-state index in [1.165, 1.54) is 12.1 Å². The van der Waals surface area contributed by atoms with Gasteiger partial charge in [-0.2, -0.15) is 0 Å². The molecule has 0 spiro atoms. The van der Waals surface area contributed by atoms with Crippen LogP contribution in [0.3, 0.4) is 0 Å². The number of primary amides is 1. The van der Waals surface area contributed by atoms with Crippen LogP contribution in [0.4, 0.5) is 4.39 Å². The summed E-state index contributed by atoms with van der Waals surface area (Å²) in [5, 5.41) is 10.0. The van der Waals surface area contributed by atoms with Gasteiger partial charge in [-0.05, 0) is 56.6 Å². The summed E-state index contributed by atoms with van der Waals surface area (Å²) in [5.41, 5.74) is 5.43. The summed E-state index contributed by atoms with van der Waals surface area (Å²) in [5.74, 6) is -0.405. The van der Waals surface area contributed by atoms with Crippen molar-refractivity contribution in [3.05, 3.63) is 29.0 Å². The monoisotopic (exact) mass is 424 g/mol. The minimum atomic E-state index is -0.580. The number of fused-ring (bicyclic) bond motifs is 1. The van der Waals surface area contributed by atoms with Crippen molar-refractivity contribution in [3.8, 4) is 5.75 Å². The van der Waals surface area contributed by atoms with E-state index in [1.54, 1.807) is 0 Å². The maximum absolute atomic E-state index is 13.4. The first-order valence-electron chi connectivity index (χ1n) is 10.0. The zero-order chi connectivity index (χ0) is 20.6. The van der Waals surface area contributed by atoms with Crippen molar-refractivity contribution >= 4 is 23.4 Å². The Bertz CT molecular complexity index is 802. The number of piperidine rings is 1. The fourth-order valence-corrected chi connectivity index (χ4v) is 5.05. The molecule has 0 radical (unpaired) electrons. The van der Waals surface area contributed by atoms with Crippen LogP contribution in [-0.2, 0) is 9.59 Å². The number of benzene rings is 1. The van der Waals surface area contributed by atoms with Crippen LogP contribution in [-0.4, -0.2) is 42.2 Å². The number of halogens is 2. The molecule has 7 nitrogen and oxygen atoms in total. The minimum absolute atomic E-state index is 0.0000188. The number of ether oxygens (including phenoxy) is 1. The minimum Gasteiger partial charge on any atom is -0.484 e. The Kier molecular flexibility index (Phi) is 5.68. The summed E-state index contributed by atoms with van der Waals surface area (Å²) >= 11 is 5.64. The molecule has 0 aromatic heterocycles. The van der Waals surface area contributed by atoms with Gasteiger partial charge in [-0.1, -0.05) is 11.6 Å². The molecule has 9 heteroatoms. The zero-order valence-electron chi connectivity index (χ0n) is 16.0. The van der Waals surface area contributed by atoms with Crippen LogP contribution in [0, 0.1) is 11.7 Å². The second-order valence-electron chi connectivity index (χ2n) is 8.44. The normalized spacial score (nSPS) is 33.0. The molecule has 3 saturated carbocycles. The molecule has 3 unspecified atom stereocenters. The number of rotatable bonds is 7. The van der Waals surface area contributed by atoms with Crippen LogP contribution < -0.4 is 26.4 Å². The highest BCUT2D eigenvalue weighted by molar-refractivity contribution is 6.30. The van der Waals surface area contributed by atoms with Crippen LogP contribution in [0.25, 0.3) is 0 Å². The number of amides is 2. The third-order valence-electron chi connectivity index (χ3n) is 6.30. The summed E-state index contributed by atoms with van der Waals surface area (Å²) in [7, 11) is 0. The van der Waals surface area contributed by atoms with Gasteiger partial charge in [0, 0.05) is 17.6 Å². The molecule has 1 aliphatic heterocycles. The van der Waals surface area contributed by atoms with Crippen molar-refractivity contribution in [1.82, 2.24) is 16.0 Å². The van der Waals surface area contributed by atoms with Crippen molar-refractivity contribution in [1.29, 1.82) is 0 Å². The highest BCUT2D eigenvalue weighted by Gasteiger charge is 2.57. The third-order valence-corrected chi connectivity index (χ3v) is 6.61. The Morgan fingerprint density at radius 1 is 1.31 bits per heavy atom. The first-order valence-corrected chi connectivity index (χ1v) is 10.4. The van der Waals surface area contributed by atoms with E-state index in [2.05, 4.69) is 16.0 Å². The van der Waals surface area contributed by atoms with Crippen molar-refractivity contribution < 1.29 is 18.7 Å². The molecule has 5 N–H and O–H groups in total. The average Bonchev–Trinajstić information content (AvgIpc) is 3.16. The molecular formula is C20H26ClFN4O3. The van der Waals surface area contributed by atoms with Crippen molar-refractivity contribution in [2.75, 3.05) is 6.61 Å². The van der Waals surface area contributed by atoms with Crippen molar-refractivity contribution in [3.63, 3.8) is 0 Å². The van der Waals surface area contributed by atoms with E-state index in [4.69, 9.17) is 22.1 Å². The van der Waals surface area contributed by atoms with Gasteiger partial charge in [-0.3, -0.25) is 20.2 Å². The summed E-state index contributed by atoms with van der Waals surface area (Å²) < 4.78 is 18.8. The van der Waals surface area contributed by atoms with E-state index >= 15 is 0 Å². The largest absolute Gasteiger partial charge is 0.484 e. The fourth-order valence-electron chi connectivity index (χ4n) is 4.94. The van der Waals surface area contributed by atoms with Gasteiger partial charge in [0.1, 0.15) is 11.6 Å². The molecule has 1 aromatic rings. The van der Waals surface area contributed by atoms with Crippen LogP contribution in [0.5, 0.6) is 5.75 Å². The number of nitrogens with two attached hydrogens (primary N) is 1. The summed E-state index contributed by atoms with van der Waals surface area (Å²) in [6, 6.07) is 3.90. The lowest BCUT2D eigenvalue weighted by atomic mass is 9.76. The molecule has 5 rings (SSSR count). The molecule has 2 amide bonds. The Morgan fingerprint density at radius 3 is 2.83 bits per heavy atom. The van der Waals surface area contributed by atoms with Gasteiger partial charge >= 0.3 is 0 Å². The quantitative estimate of drug-likeness (QED) is 0.530. The summed E-state index contributed by atoms with van der Waals surface area (Å²) in [6.45, 7) is -0.171. The Morgan fingerprint density at radius 2 is 2.10 bits per heavy atom. The smallest absolute Gasteiger partial charge is 0.258 e. The molecule has 1 saturated heterocycles. The van der Waals surface area contributed by atoms with Crippen LogP contribution in [0.1, 0.15) is 38.5 Å². The molecule has 1 aromatic carbocycles. The maximum atomic E-state index is 13.4. The first-order chi connectivity index (χ1) is 13.8. The van der Waals surface area contributed by atoms with Gasteiger partial charge in [0.25, 0.3) is 5.91 Å². The van der Waals surface area contributed by atoms with E-state index in [1.807, 2.05) is 0 Å². The lowest BCUT2D eigenvalue weighted by Crippen LogP contribution is -2.62. The first kappa shape index (κ1) is 20.4. The number of nitrogens with one attached hydrogen (secondary N) is 3. The van der Waals surface area contributed by atoms with Gasteiger partial charge in [0.15, 0.2) is 6.61 Å². The van der Waals surface area contributed by atoms with Gasteiger partial charge in [-0.25, -0.2) is 4.39 Å². The Hall–Kier alpha value is -1.90. The molecule has 3 aliphatic carbocycles. The van der Waals surface area contributed by atoms with Crippen molar-refractivity contribution in [2.24, 2.45) is 11.7 Å². The maximum Gasteiger partial charge on any atom is 0.258 e. The molecule has 3 atom stereocenters. The van der Waals surface area contributed by atoms with Gasteiger partial charge in [0.2, 0.25) is 5.91 Å². The van der Waals surface area contributed by atoms with Crippen LogP contribution in [0.2, 0.25) is 5.02 Å². The lowest BCUT2D eigenvalue weighted by Gasteiger charge is -2.44. The van der Waals surface area contributed by atoms with Crippen LogP contribution >= 0.6 is 11.6 Å². The molecule has 158 valence electrons. The van der Waals surface area contributed by atoms with E-state index in [0.29, 0.717) is 5.92 Å². The average molecular weight is 425 g/mol. The molecule has 4 fully saturated rings. The van der Waals surface area contributed by atoms with Crippen molar-refractivity contribution in [2.45, 2.75) is 62.3 Å². The Balaban J connectivity index is 1.24. The highest BCUT2D eigenvalue weighted by Crippen LogP contribution is 2.52. The predicted octanol–water partition coefficient (Wildman–Crippen LogP) is 1.44. The highest BCUT2D eigenvalue weighted by atomic mass is 35.5. The number of hydrogen-bond donors (Lipinski definition) is 4. The molecule has 4 aliphatic rings. The second kappa shape index (κ2) is 8.08. The standard InChI is InChI=1S/C20H26ClFN4O3/c21-13-5-4-12(6-14(13)22)29-10-18(27)25-16-9-20(7-11(16)8-20)26-17-3-1-2-15(24-17)19(23)28/h4-6,11,15-17,24,26H,1-3,7-10H2,(H2,23,28)(H,25,27). The van der Waals surface area contributed by atoms with Gasteiger partial charge in [0.05, 0.1) is 17.2 Å².